The van der Waals surface area contributed by atoms with Gasteiger partial charge in [-0.15, -0.1) is 5.10 Å². The topological polar surface area (TPSA) is 52.4 Å². The summed E-state index contributed by atoms with van der Waals surface area (Å²) in [6.07, 6.45) is 1.65. The molecule has 0 amide bonds. The molecule has 134 valence electrons. The molecular formula is C19H19ClN4O2. The Balaban J connectivity index is 1.55. The molecule has 26 heavy (non-hydrogen) atoms. The van der Waals surface area contributed by atoms with Gasteiger partial charge in [-0.05, 0) is 29.8 Å². The van der Waals surface area contributed by atoms with Crippen molar-refractivity contribution in [2.75, 3.05) is 25.2 Å². The quantitative estimate of drug-likeness (QED) is 0.687. The van der Waals surface area contributed by atoms with Gasteiger partial charge < -0.3 is 14.4 Å². The highest BCUT2D eigenvalue weighted by Gasteiger charge is 2.31. The lowest BCUT2D eigenvalue weighted by atomic mass is 10.2. The molecule has 4 rings (SSSR count). The van der Waals surface area contributed by atoms with E-state index in [4.69, 9.17) is 21.1 Å². The molecule has 1 atom stereocenters. The van der Waals surface area contributed by atoms with Gasteiger partial charge >= 0.3 is 0 Å². The van der Waals surface area contributed by atoms with Crippen molar-refractivity contribution in [1.29, 1.82) is 0 Å². The van der Waals surface area contributed by atoms with E-state index in [1.54, 1.807) is 11.8 Å². The Morgan fingerprint density at radius 1 is 1.19 bits per heavy atom. The first-order valence-corrected chi connectivity index (χ1v) is 8.78. The number of ether oxygens (including phenoxy) is 2. The van der Waals surface area contributed by atoms with E-state index in [-0.39, 0.29) is 6.23 Å². The average Bonchev–Trinajstić information content (AvgIpc) is 3.32. The van der Waals surface area contributed by atoms with Crippen LogP contribution in [-0.4, -0.2) is 35.3 Å². The highest BCUT2D eigenvalue weighted by Crippen LogP contribution is 2.36. The van der Waals surface area contributed by atoms with Gasteiger partial charge in [0.2, 0.25) is 0 Å². The molecule has 0 radical (unpaired) electrons. The monoisotopic (exact) mass is 370 g/mol. The lowest BCUT2D eigenvalue weighted by Crippen LogP contribution is -2.24. The first-order valence-electron chi connectivity index (χ1n) is 8.40. The van der Waals surface area contributed by atoms with E-state index in [9.17, 15) is 0 Å². The van der Waals surface area contributed by atoms with Gasteiger partial charge in [0.15, 0.2) is 6.23 Å². The van der Waals surface area contributed by atoms with Crippen LogP contribution < -0.4 is 9.64 Å². The fourth-order valence-electron chi connectivity index (χ4n) is 3.11. The summed E-state index contributed by atoms with van der Waals surface area (Å²) in [5.41, 5.74) is 2.88. The van der Waals surface area contributed by atoms with Crippen molar-refractivity contribution in [1.82, 2.24) is 15.0 Å². The molecule has 0 saturated carbocycles. The van der Waals surface area contributed by atoms with Crippen molar-refractivity contribution < 1.29 is 9.47 Å². The van der Waals surface area contributed by atoms with Gasteiger partial charge in [-0.25, -0.2) is 4.68 Å². The van der Waals surface area contributed by atoms with Gasteiger partial charge in [0, 0.05) is 11.6 Å². The maximum absolute atomic E-state index is 5.94. The molecule has 0 spiro atoms. The molecule has 3 aromatic rings. The molecule has 1 aliphatic heterocycles. The molecule has 7 heteroatoms. The van der Waals surface area contributed by atoms with Crippen molar-refractivity contribution in [2.24, 2.45) is 0 Å². The zero-order valence-electron chi connectivity index (χ0n) is 14.4. The van der Waals surface area contributed by atoms with Crippen molar-refractivity contribution in [3.8, 4) is 5.75 Å². The number of aromatic nitrogens is 3. The Labute approximate surface area is 156 Å². The van der Waals surface area contributed by atoms with Crippen LogP contribution in [0.5, 0.6) is 5.75 Å². The number of para-hydroxylation sites is 2. The van der Waals surface area contributed by atoms with Crippen LogP contribution in [0.1, 0.15) is 17.5 Å². The van der Waals surface area contributed by atoms with Crippen LogP contribution in [0, 0.1) is 0 Å². The summed E-state index contributed by atoms with van der Waals surface area (Å²) in [4.78, 5) is 2.15. The Morgan fingerprint density at radius 3 is 2.81 bits per heavy atom. The van der Waals surface area contributed by atoms with Crippen molar-refractivity contribution >= 4 is 17.3 Å². The molecular weight excluding hydrogens is 352 g/mol. The van der Waals surface area contributed by atoms with Crippen LogP contribution in [-0.2, 0) is 11.3 Å². The normalized spacial score (nSPS) is 16.8. The van der Waals surface area contributed by atoms with Gasteiger partial charge in [0.25, 0.3) is 0 Å². The Hall–Kier alpha value is -2.57. The summed E-state index contributed by atoms with van der Waals surface area (Å²) in [5.74, 6) is 0.816. The third-order valence-corrected chi connectivity index (χ3v) is 4.60. The summed E-state index contributed by atoms with van der Waals surface area (Å²) in [6.45, 7) is 2.04. The maximum Gasteiger partial charge on any atom is 0.177 e. The number of hydrogen-bond donors (Lipinski definition) is 0. The minimum atomic E-state index is -0.273. The molecule has 1 aliphatic rings. The standard InChI is InChI=1S/C19H19ClN4O2/c1-25-18-5-3-2-4-17(18)24-10-11-26-19(24)16-13-23(22-21-16)12-14-6-8-15(20)9-7-14/h2-9,13,19H,10-12H2,1H3/t19-/m0/s1. The molecule has 1 fully saturated rings. The number of methoxy groups -OCH3 is 1. The number of hydrogen-bond acceptors (Lipinski definition) is 5. The number of halogens is 1. The molecule has 2 heterocycles. The molecule has 2 aromatic carbocycles. The lowest BCUT2D eigenvalue weighted by Gasteiger charge is -2.25. The fraction of sp³-hybridized carbons (Fsp3) is 0.263. The third kappa shape index (κ3) is 3.38. The van der Waals surface area contributed by atoms with E-state index in [0.717, 1.165) is 34.3 Å². The van der Waals surface area contributed by atoms with Crippen LogP contribution in [0.4, 0.5) is 5.69 Å². The van der Waals surface area contributed by atoms with E-state index in [1.807, 2.05) is 54.7 Å². The van der Waals surface area contributed by atoms with E-state index >= 15 is 0 Å². The summed E-state index contributed by atoms with van der Waals surface area (Å²) in [5, 5.41) is 9.29. The van der Waals surface area contributed by atoms with E-state index in [0.29, 0.717) is 13.2 Å². The zero-order chi connectivity index (χ0) is 17.9. The Bertz CT molecular complexity index is 881. The number of rotatable bonds is 5. The minimum absolute atomic E-state index is 0.273. The van der Waals surface area contributed by atoms with E-state index in [1.165, 1.54) is 0 Å². The number of nitrogens with zero attached hydrogens (tertiary/aromatic N) is 4. The second kappa shape index (κ2) is 7.35. The summed E-state index contributed by atoms with van der Waals surface area (Å²) < 4.78 is 13.2. The number of anilines is 1. The first-order chi connectivity index (χ1) is 12.7. The second-order valence-electron chi connectivity index (χ2n) is 6.06. The molecule has 1 saturated heterocycles. The molecule has 6 nitrogen and oxygen atoms in total. The summed E-state index contributed by atoms with van der Waals surface area (Å²) in [7, 11) is 1.67. The van der Waals surface area contributed by atoms with Gasteiger partial charge in [-0.2, -0.15) is 0 Å². The van der Waals surface area contributed by atoms with E-state index in [2.05, 4.69) is 15.2 Å². The second-order valence-corrected chi connectivity index (χ2v) is 6.49. The van der Waals surface area contributed by atoms with Gasteiger partial charge in [-0.3, -0.25) is 0 Å². The maximum atomic E-state index is 5.94. The first kappa shape index (κ1) is 16.9. The van der Waals surface area contributed by atoms with Gasteiger partial charge in [0.05, 0.1) is 32.1 Å². The van der Waals surface area contributed by atoms with Crippen molar-refractivity contribution in [3.05, 3.63) is 71.0 Å². The number of benzene rings is 2. The zero-order valence-corrected chi connectivity index (χ0v) is 15.1. The van der Waals surface area contributed by atoms with E-state index < -0.39 is 0 Å². The van der Waals surface area contributed by atoms with Crippen molar-refractivity contribution in [2.45, 2.75) is 12.8 Å². The van der Waals surface area contributed by atoms with Gasteiger partial charge in [0.1, 0.15) is 11.4 Å². The minimum Gasteiger partial charge on any atom is -0.495 e. The highest BCUT2D eigenvalue weighted by atomic mass is 35.5. The van der Waals surface area contributed by atoms with Crippen LogP contribution in [0.25, 0.3) is 0 Å². The predicted octanol–water partition coefficient (Wildman–Crippen LogP) is 3.52. The van der Waals surface area contributed by atoms with Crippen LogP contribution in [0.2, 0.25) is 5.02 Å². The van der Waals surface area contributed by atoms with Crippen LogP contribution in [0.3, 0.4) is 0 Å². The fourth-order valence-corrected chi connectivity index (χ4v) is 3.24. The molecule has 0 unspecified atom stereocenters. The van der Waals surface area contributed by atoms with Crippen molar-refractivity contribution in [3.63, 3.8) is 0 Å². The Morgan fingerprint density at radius 2 is 2.00 bits per heavy atom. The van der Waals surface area contributed by atoms with Crippen LogP contribution in [0.15, 0.2) is 54.7 Å². The predicted molar refractivity (Wildman–Crippen MR) is 99.6 cm³/mol. The van der Waals surface area contributed by atoms with Gasteiger partial charge in [-0.1, -0.05) is 41.1 Å². The summed E-state index contributed by atoms with van der Waals surface area (Å²) >= 11 is 5.94. The molecule has 0 bridgehead atoms. The highest BCUT2D eigenvalue weighted by molar-refractivity contribution is 6.30. The largest absolute Gasteiger partial charge is 0.495 e. The molecule has 0 aliphatic carbocycles. The SMILES string of the molecule is COc1ccccc1N1CCO[C@H]1c1cn(Cc2ccc(Cl)cc2)nn1. The molecule has 0 N–H and O–H groups in total. The smallest absolute Gasteiger partial charge is 0.177 e. The Kier molecular flexibility index (Phi) is 4.77. The lowest BCUT2D eigenvalue weighted by molar-refractivity contribution is 0.110. The molecule has 1 aromatic heterocycles. The third-order valence-electron chi connectivity index (χ3n) is 4.35. The summed E-state index contributed by atoms with van der Waals surface area (Å²) in [6, 6.07) is 15.6. The average molecular weight is 371 g/mol. The van der Waals surface area contributed by atoms with Crippen LogP contribution >= 0.6 is 11.6 Å².